The van der Waals surface area contributed by atoms with Crippen molar-refractivity contribution in [2.45, 2.75) is 13.5 Å². The van der Waals surface area contributed by atoms with Crippen LogP contribution in [0, 0.1) is 28.4 Å². The first kappa shape index (κ1) is 13.1. The third-order valence-electron chi connectivity index (χ3n) is 2.74. The van der Waals surface area contributed by atoms with Gasteiger partial charge in [0.25, 0.3) is 5.69 Å². The van der Waals surface area contributed by atoms with Gasteiger partial charge >= 0.3 is 0 Å². The lowest BCUT2D eigenvalue weighted by atomic mass is 10.2. The molecule has 96 valence electrons. The van der Waals surface area contributed by atoms with Crippen molar-refractivity contribution in [3.05, 3.63) is 55.8 Å². The first-order chi connectivity index (χ1) is 9.11. The molecule has 0 aliphatic rings. The van der Waals surface area contributed by atoms with Crippen LogP contribution >= 0.6 is 11.3 Å². The summed E-state index contributed by atoms with van der Waals surface area (Å²) in [6.45, 7) is 2.64. The SMILES string of the molecule is Cc1ccsc1CNc1ccc(C#N)c([N+](=O)[O-])c1. The summed E-state index contributed by atoms with van der Waals surface area (Å²) in [5.74, 6) is 0. The Hall–Kier alpha value is -2.39. The number of nitro groups is 1. The minimum absolute atomic E-state index is 0.0721. The van der Waals surface area contributed by atoms with Crippen LogP contribution < -0.4 is 5.32 Å². The summed E-state index contributed by atoms with van der Waals surface area (Å²) in [4.78, 5) is 11.5. The van der Waals surface area contributed by atoms with E-state index in [0.717, 1.165) is 0 Å². The lowest BCUT2D eigenvalue weighted by Crippen LogP contribution is -2.00. The summed E-state index contributed by atoms with van der Waals surface area (Å²) in [5, 5.41) is 24.8. The Balaban J connectivity index is 2.18. The van der Waals surface area contributed by atoms with Crippen molar-refractivity contribution >= 4 is 22.7 Å². The number of nitriles is 1. The van der Waals surface area contributed by atoms with E-state index < -0.39 is 4.92 Å². The molecule has 0 radical (unpaired) electrons. The first-order valence-electron chi connectivity index (χ1n) is 5.57. The van der Waals surface area contributed by atoms with E-state index in [-0.39, 0.29) is 11.3 Å². The highest BCUT2D eigenvalue weighted by Gasteiger charge is 2.14. The highest BCUT2D eigenvalue weighted by molar-refractivity contribution is 7.10. The van der Waals surface area contributed by atoms with Crippen molar-refractivity contribution in [1.29, 1.82) is 5.26 Å². The topological polar surface area (TPSA) is 79.0 Å². The number of thiophene rings is 1. The maximum Gasteiger partial charge on any atom is 0.289 e. The number of rotatable bonds is 4. The van der Waals surface area contributed by atoms with Gasteiger partial charge in [-0.05, 0) is 36.1 Å². The second kappa shape index (κ2) is 5.50. The largest absolute Gasteiger partial charge is 0.380 e. The van der Waals surface area contributed by atoms with Crippen LogP contribution in [0.1, 0.15) is 16.0 Å². The molecule has 0 spiro atoms. The summed E-state index contributed by atoms with van der Waals surface area (Å²) >= 11 is 1.64. The van der Waals surface area contributed by atoms with E-state index in [4.69, 9.17) is 5.26 Å². The number of anilines is 1. The van der Waals surface area contributed by atoms with Gasteiger partial charge in [0.1, 0.15) is 11.6 Å². The van der Waals surface area contributed by atoms with Crippen molar-refractivity contribution < 1.29 is 4.92 Å². The molecule has 0 atom stereocenters. The fourth-order valence-electron chi connectivity index (χ4n) is 1.65. The zero-order valence-corrected chi connectivity index (χ0v) is 11.0. The Kier molecular flexibility index (Phi) is 3.78. The van der Waals surface area contributed by atoms with Gasteiger partial charge in [0.2, 0.25) is 0 Å². The van der Waals surface area contributed by atoms with Crippen LogP contribution in [-0.2, 0) is 6.54 Å². The zero-order chi connectivity index (χ0) is 13.8. The zero-order valence-electron chi connectivity index (χ0n) is 10.2. The number of nitro benzene ring substituents is 1. The molecule has 0 saturated heterocycles. The Morgan fingerprint density at radius 2 is 2.26 bits per heavy atom. The summed E-state index contributed by atoms with van der Waals surface area (Å²) in [6, 6.07) is 8.37. The standard InChI is InChI=1S/C13H11N3O2S/c1-9-4-5-19-13(9)8-15-11-3-2-10(7-14)12(6-11)16(17)18/h2-6,15H,8H2,1H3. The van der Waals surface area contributed by atoms with E-state index >= 15 is 0 Å². The molecular weight excluding hydrogens is 262 g/mol. The number of benzene rings is 1. The van der Waals surface area contributed by atoms with E-state index in [1.54, 1.807) is 17.4 Å². The van der Waals surface area contributed by atoms with Crippen molar-refractivity contribution in [2.24, 2.45) is 0 Å². The summed E-state index contributed by atoms with van der Waals surface area (Å²) in [7, 11) is 0. The van der Waals surface area contributed by atoms with Gasteiger partial charge in [-0.1, -0.05) is 0 Å². The fourth-order valence-corrected chi connectivity index (χ4v) is 2.50. The monoisotopic (exact) mass is 273 g/mol. The van der Waals surface area contributed by atoms with Crippen LogP contribution in [0.25, 0.3) is 0 Å². The summed E-state index contributed by atoms with van der Waals surface area (Å²) in [6.07, 6.45) is 0. The second-order valence-corrected chi connectivity index (χ2v) is 4.98. The normalized spacial score (nSPS) is 9.89. The molecule has 0 amide bonds. The molecule has 1 aromatic heterocycles. The molecule has 2 aromatic rings. The first-order valence-corrected chi connectivity index (χ1v) is 6.45. The van der Waals surface area contributed by atoms with Gasteiger partial charge < -0.3 is 5.32 Å². The highest BCUT2D eigenvalue weighted by Crippen LogP contribution is 2.24. The van der Waals surface area contributed by atoms with Gasteiger partial charge in [0.15, 0.2) is 0 Å². The maximum atomic E-state index is 10.8. The fraction of sp³-hybridized carbons (Fsp3) is 0.154. The van der Waals surface area contributed by atoms with Gasteiger partial charge in [-0.2, -0.15) is 5.26 Å². The molecule has 1 N–H and O–H groups in total. The molecule has 0 unspecified atom stereocenters. The summed E-state index contributed by atoms with van der Waals surface area (Å²) < 4.78 is 0. The van der Waals surface area contributed by atoms with E-state index in [9.17, 15) is 10.1 Å². The van der Waals surface area contributed by atoms with E-state index in [1.807, 2.05) is 24.4 Å². The van der Waals surface area contributed by atoms with Gasteiger partial charge in [-0.25, -0.2) is 0 Å². The molecule has 0 bridgehead atoms. The molecule has 19 heavy (non-hydrogen) atoms. The van der Waals surface area contributed by atoms with Gasteiger partial charge in [-0.3, -0.25) is 10.1 Å². The third-order valence-corrected chi connectivity index (χ3v) is 3.76. The predicted molar refractivity (Wildman–Crippen MR) is 74.2 cm³/mol. The molecule has 0 aliphatic heterocycles. The van der Waals surface area contributed by atoms with Crippen molar-refractivity contribution in [2.75, 3.05) is 5.32 Å². The highest BCUT2D eigenvalue weighted by atomic mass is 32.1. The minimum Gasteiger partial charge on any atom is -0.380 e. The predicted octanol–water partition coefficient (Wildman–Crippen LogP) is 3.45. The van der Waals surface area contributed by atoms with Crippen LogP contribution in [0.4, 0.5) is 11.4 Å². The number of hydrogen-bond acceptors (Lipinski definition) is 5. The third kappa shape index (κ3) is 2.89. The van der Waals surface area contributed by atoms with Crippen LogP contribution in [0.3, 0.4) is 0 Å². The van der Waals surface area contributed by atoms with Crippen LogP contribution in [0.2, 0.25) is 0 Å². The average molecular weight is 273 g/mol. The molecule has 5 nitrogen and oxygen atoms in total. The van der Waals surface area contributed by atoms with Crippen molar-refractivity contribution in [3.8, 4) is 6.07 Å². The van der Waals surface area contributed by atoms with E-state index in [1.165, 1.54) is 22.6 Å². The van der Waals surface area contributed by atoms with Gasteiger partial charge in [0.05, 0.1) is 4.92 Å². The van der Waals surface area contributed by atoms with Gasteiger partial charge in [0, 0.05) is 23.2 Å². The minimum atomic E-state index is -0.542. The Bertz CT molecular complexity index is 658. The second-order valence-electron chi connectivity index (χ2n) is 3.98. The average Bonchev–Trinajstić information content (AvgIpc) is 2.81. The lowest BCUT2D eigenvalue weighted by molar-refractivity contribution is -0.385. The van der Waals surface area contributed by atoms with Gasteiger partial charge in [-0.15, -0.1) is 11.3 Å². The number of nitrogens with one attached hydrogen (secondary N) is 1. The smallest absolute Gasteiger partial charge is 0.289 e. The Morgan fingerprint density at radius 1 is 1.47 bits per heavy atom. The van der Waals surface area contributed by atoms with Crippen LogP contribution in [-0.4, -0.2) is 4.92 Å². The maximum absolute atomic E-state index is 10.8. The van der Waals surface area contributed by atoms with E-state index in [0.29, 0.717) is 12.2 Å². The quantitative estimate of drug-likeness (QED) is 0.683. The van der Waals surface area contributed by atoms with Crippen molar-refractivity contribution in [3.63, 3.8) is 0 Å². The van der Waals surface area contributed by atoms with E-state index in [2.05, 4.69) is 5.32 Å². The molecule has 0 fully saturated rings. The van der Waals surface area contributed by atoms with Crippen LogP contribution in [0.5, 0.6) is 0 Å². The number of nitrogens with zero attached hydrogens (tertiary/aromatic N) is 2. The lowest BCUT2D eigenvalue weighted by Gasteiger charge is -2.06. The molecule has 2 rings (SSSR count). The molecule has 6 heteroatoms. The molecular formula is C13H11N3O2S. The number of hydrogen-bond donors (Lipinski definition) is 1. The van der Waals surface area contributed by atoms with Crippen molar-refractivity contribution in [1.82, 2.24) is 0 Å². The van der Waals surface area contributed by atoms with Crippen LogP contribution in [0.15, 0.2) is 29.6 Å². The molecule has 0 aliphatic carbocycles. The Labute approximate surface area is 114 Å². The molecule has 0 saturated carbocycles. The Morgan fingerprint density at radius 3 is 2.84 bits per heavy atom. The molecule has 1 aromatic carbocycles. The number of aryl methyl sites for hydroxylation is 1. The molecule has 1 heterocycles. The summed E-state index contributed by atoms with van der Waals surface area (Å²) in [5.41, 5.74) is 1.73.